The molecule has 0 bridgehead atoms. The molecule has 1 fully saturated rings. The van der Waals surface area contributed by atoms with Crippen LogP contribution < -0.4 is 0 Å². The maximum absolute atomic E-state index is 11.9. The lowest BCUT2D eigenvalue weighted by atomic mass is 9.86. The van der Waals surface area contributed by atoms with Gasteiger partial charge in [-0.2, -0.15) is 0 Å². The number of carbonyl (C=O) groups excluding carboxylic acids is 1. The number of hydrogen-bond donors (Lipinski definition) is 1. The minimum absolute atomic E-state index is 0.138. The Labute approximate surface area is 94.6 Å². The van der Waals surface area contributed by atoms with E-state index in [-0.39, 0.29) is 11.7 Å². The van der Waals surface area contributed by atoms with Crippen LogP contribution >= 0.6 is 0 Å². The minimum atomic E-state index is -1.13. The maximum atomic E-state index is 11.9. The number of aliphatic hydroxyl groups is 1. The van der Waals surface area contributed by atoms with Crippen molar-refractivity contribution >= 4 is 5.78 Å². The van der Waals surface area contributed by atoms with Crippen molar-refractivity contribution in [3.05, 3.63) is 47.5 Å². The van der Waals surface area contributed by atoms with Gasteiger partial charge in [0.05, 0.1) is 0 Å². The lowest BCUT2D eigenvalue weighted by Gasteiger charge is -2.25. The first-order valence-corrected chi connectivity index (χ1v) is 5.65. The van der Waals surface area contributed by atoms with E-state index in [0.29, 0.717) is 11.5 Å². The fraction of sp³-hybridized carbons (Fsp3) is 0.357. The Morgan fingerprint density at radius 1 is 1.31 bits per heavy atom. The number of allylic oxidation sites excluding steroid dienone is 1. The van der Waals surface area contributed by atoms with Crippen molar-refractivity contribution in [1.82, 2.24) is 0 Å². The number of rotatable bonds is 2. The van der Waals surface area contributed by atoms with Crippen molar-refractivity contribution in [3.63, 3.8) is 0 Å². The first kappa shape index (κ1) is 9.79. The molecular formula is C14H14O2. The molecule has 0 amide bonds. The van der Waals surface area contributed by atoms with Crippen molar-refractivity contribution in [2.24, 2.45) is 11.8 Å². The van der Waals surface area contributed by atoms with Crippen LogP contribution in [0.2, 0.25) is 0 Å². The predicted molar refractivity (Wildman–Crippen MR) is 60.7 cm³/mol. The Balaban J connectivity index is 2.00. The highest BCUT2D eigenvalue weighted by Gasteiger charge is 2.52. The third kappa shape index (κ3) is 1.26. The first-order chi connectivity index (χ1) is 7.60. The van der Waals surface area contributed by atoms with Gasteiger partial charge >= 0.3 is 0 Å². The van der Waals surface area contributed by atoms with E-state index >= 15 is 0 Å². The summed E-state index contributed by atoms with van der Waals surface area (Å²) in [6.45, 7) is 1.71. The molecule has 2 aliphatic carbocycles. The third-order valence-corrected chi connectivity index (χ3v) is 3.68. The molecule has 2 aliphatic rings. The van der Waals surface area contributed by atoms with E-state index in [4.69, 9.17) is 0 Å². The second-order valence-corrected chi connectivity index (χ2v) is 4.89. The second kappa shape index (κ2) is 3.05. The van der Waals surface area contributed by atoms with E-state index in [0.717, 1.165) is 12.0 Å². The summed E-state index contributed by atoms with van der Waals surface area (Å²) < 4.78 is 0. The molecule has 1 aromatic rings. The molecule has 1 N–H and O–H groups in total. The average molecular weight is 214 g/mol. The van der Waals surface area contributed by atoms with Crippen LogP contribution in [0.15, 0.2) is 42.0 Å². The zero-order valence-electron chi connectivity index (χ0n) is 9.18. The van der Waals surface area contributed by atoms with Gasteiger partial charge in [-0.3, -0.25) is 4.79 Å². The molecule has 1 saturated carbocycles. The first-order valence-electron chi connectivity index (χ1n) is 5.65. The van der Waals surface area contributed by atoms with E-state index in [1.807, 2.05) is 36.4 Å². The molecule has 0 spiro atoms. The van der Waals surface area contributed by atoms with Crippen LogP contribution in [0.3, 0.4) is 0 Å². The van der Waals surface area contributed by atoms with Crippen molar-refractivity contribution in [2.45, 2.75) is 18.9 Å². The summed E-state index contributed by atoms with van der Waals surface area (Å²) in [6.07, 6.45) is 2.94. The molecule has 0 radical (unpaired) electrons. The largest absolute Gasteiger partial charge is 0.381 e. The fourth-order valence-electron chi connectivity index (χ4n) is 2.52. The molecule has 0 aromatic heterocycles. The summed E-state index contributed by atoms with van der Waals surface area (Å²) in [5.74, 6) is 0.710. The molecule has 3 atom stereocenters. The monoisotopic (exact) mass is 214 g/mol. The van der Waals surface area contributed by atoms with Gasteiger partial charge < -0.3 is 5.11 Å². The molecule has 2 nitrogen and oxygen atoms in total. The minimum Gasteiger partial charge on any atom is -0.381 e. The molecule has 0 saturated heterocycles. The van der Waals surface area contributed by atoms with Gasteiger partial charge in [-0.15, -0.1) is 0 Å². The molecule has 16 heavy (non-hydrogen) atoms. The summed E-state index contributed by atoms with van der Waals surface area (Å²) in [5, 5.41) is 10.5. The summed E-state index contributed by atoms with van der Waals surface area (Å²) in [5.41, 5.74) is 0.238. The van der Waals surface area contributed by atoms with Crippen LogP contribution in [-0.4, -0.2) is 10.9 Å². The Kier molecular flexibility index (Phi) is 1.86. The Bertz CT molecular complexity index is 471. The number of fused-ring (bicyclic) bond motifs is 1. The molecule has 82 valence electrons. The van der Waals surface area contributed by atoms with Crippen LogP contribution in [-0.2, 0) is 10.4 Å². The molecular weight excluding hydrogens is 200 g/mol. The SMILES string of the molecule is CC(O)(C1=CC2CC2C1=O)c1ccccc1. The molecule has 0 aliphatic heterocycles. The van der Waals surface area contributed by atoms with E-state index in [9.17, 15) is 9.90 Å². The lowest BCUT2D eigenvalue weighted by Crippen LogP contribution is -2.28. The highest BCUT2D eigenvalue weighted by Crippen LogP contribution is 2.51. The molecule has 2 heteroatoms. The van der Waals surface area contributed by atoms with Crippen molar-refractivity contribution < 1.29 is 9.90 Å². The summed E-state index contributed by atoms with van der Waals surface area (Å²) in [7, 11) is 0. The van der Waals surface area contributed by atoms with Crippen LogP contribution in [0.25, 0.3) is 0 Å². The normalized spacial score (nSPS) is 30.6. The van der Waals surface area contributed by atoms with Crippen LogP contribution in [0.5, 0.6) is 0 Å². The van der Waals surface area contributed by atoms with Crippen molar-refractivity contribution in [2.75, 3.05) is 0 Å². The zero-order chi connectivity index (χ0) is 11.3. The number of carbonyl (C=O) groups is 1. The topological polar surface area (TPSA) is 37.3 Å². The molecule has 1 aromatic carbocycles. The predicted octanol–water partition coefficient (Wildman–Crippen LogP) is 2.04. The highest BCUT2D eigenvalue weighted by atomic mass is 16.3. The summed E-state index contributed by atoms with van der Waals surface area (Å²) >= 11 is 0. The summed E-state index contributed by atoms with van der Waals surface area (Å²) in [4.78, 5) is 11.9. The Morgan fingerprint density at radius 3 is 2.56 bits per heavy atom. The van der Waals surface area contributed by atoms with Crippen molar-refractivity contribution in [3.8, 4) is 0 Å². The quantitative estimate of drug-likeness (QED) is 0.818. The van der Waals surface area contributed by atoms with Crippen molar-refractivity contribution in [1.29, 1.82) is 0 Å². The van der Waals surface area contributed by atoms with E-state index < -0.39 is 5.60 Å². The fourth-order valence-corrected chi connectivity index (χ4v) is 2.52. The van der Waals surface area contributed by atoms with Gasteiger partial charge in [-0.1, -0.05) is 36.4 Å². The van der Waals surface area contributed by atoms with E-state index in [1.54, 1.807) is 6.92 Å². The maximum Gasteiger partial charge on any atom is 0.165 e. The van der Waals surface area contributed by atoms with Gasteiger partial charge in [0, 0.05) is 11.5 Å². The average Bonchev–Trinajstić information content (AvgIpc) is 2.99. The smallest absolute Gasteiger partial charge is 0.165 e. The van der Waals surface area contributed by atoms with E-state index in [1.165, 1.54) is 0 Å². The standard InChI is InChI=1S/C14H14O2/c1-14(16,10-5-3-2-4-6-10)12-8-9-7-11(9)13(12)15/h2-6,8-9,11,16H,7H2,1H3. The molecule has 3 rings (SSSR count). The Morgan fingerprint density at radius 2 is 2.00 bits per heavy atom. The summed E-state index contributed by atoms with van der Waals surface area (Å²) in [6, 6.07) is 9.38. The molecule has 0 heterocycles. The highest BCUT2D eigenvalue weighted by molar-refractivity contribution is 6.04. The van der Waals surface area contributed by atoms with Crippen LogP contribution in [0.1, 0.15) is 18.9 Å². The van der Waals surface area contributed by atoms with Gasteiger partial charge in [0.1, 0.15) is 5.60 Å². The van der Waals surface area contributed by atoms with Gasteiger partial charge in [0.2, 0.25) is 0 Å². The number of hydrogen-bond acceptors (Lipinski definition) is 2. The van der Waals surface area contributed by atoms with Gasteiger partial charge in [-0.25, -0.2) is 0 Å². The third-order valence-electron chi connectivity index (χ3n) is 3.68. The van der Waals surface area contributed by atoms with Crippen LogP contribution in [0, 0.1) is 11.8 Å². The lowest BCUT2D eigenvalue weighted by molar-refractivity contribution is -0.118. The van der Waals surface area contributed by atoms with E-state index in [2.05, 4.69) is 0 Å². The zero-order valence-corrected chi connectivity index (χ0v) is 9.18. The van der Waals surface area contributed by atoms with Gasteiger partial charge in [0.25, 0.3) is 0 Å². The van der Waals surface area contributed by atoms with Crippen LogP contribution in [0.4, 0.5) is 0 Å². The number of ketones is 1. The van der Waals surface area contributed by atoms with Gasteiger partial charge in [0.15, 0.2) is 5.78 Å². The van der Waals surface area contributed by atoms with Gasteiger partial charge in [-0.05, 0) is 24.8 Å². The number of benzene rings is 1. The molecule has 3 unspecified atom stereocenters. The number of Topliss-reactive ketones (excluding diaryl/α,β-unsaturated/α-hetero) is 1. The second-order valence-electron chi connectivity index (χ2n) is 4.89. The Hall–Kier alpha value is -1.41.